The van der Waals surface area contributed by atoms with Crippen LogP contribution in [-0.2, 0) is 0 Å². The van der Waals surface area contributed by atoms with E-state index in [1.54, 1.807) is 35.4 Å². The highest BCUT2D eigenvalue weighted by molar-refractivity contribution is 6.08. The van der Waals surface area contributed by atoms with Crippen LogP contribution in [0, 0.1) is 5.82 Å². The highest BCUT2D eigenvalue weighted by atomic mass is 19.1. The fourth-order valence-electron chi connectivity index (χ4n) is 2.96. The van der Waals surface area contributed by atoms with Crippen molar-refractivity contribution in [2.75, 3.05) is 5.32 Å². The molecule has 0 radical (unpaired) electrons. The summed E-state index contributed by atoms with van der Waals surface area (Å²) in [6.45, 7) is 0. The Morgan fingerprint density at radius 2 is 1.80 bits per heavy atom. The fraction of sp³-hybridized carbons (Fsp3) is 0. The molecule has 0 aliphatic carbocycles. The van der Waals surface area contributed by atoms with Crippen LogP contribution in [0.4, 0.5) is 10.1 Å². The normalized spacial score (nSPS) is 10.6. The van der Waals surface area contributed by atoms with Gasteiger partial charge in [-0.2, -0.15) is 5.10 Å². The standard InChI is InChI=1S/C22H16FN5O2/c23-19-9-8-15(11-17(19)21(24)29)26-22(30)18-13-28(16-6-2-1-3-7-16)27-20(18)14-5-4-10-25-12-14/h1-13H,(H2,24,29)(H,26,30). The Kier molecular flexibility index (Phi) is 5.04. The summed E-state index contributed by atoms with van der Waals surface area (Å²) in [6.07, 6.45) is 4.84. The minimum atomic E-state index is -0.920. The third-order valence-corrected chi connectivity index (χ3v) is 4.40. The van der Waals surface area contributed by atoms with Gasteiger partial charge < -0.3 is 11.1 Å². The Bertz CT molecular complexity index is 1220. The molecule has 3 N–H and O–H groups in total. The maximum Gasteiger partial charge on any atom is 0.259 e. The number of hydrogen-bond donors (Lipinski definition) is 2. The van der Waals surface area contributed by atoms with Crippen LogP contribution in [0.5, 0.6) is 0 Å². The van der Waals surface area contributed by atoms with Gasteiger partial charge in [0, 0.05) is 29.8 Å². The minimum absolute atomic E-state index is 0.236. The molecule has 0 aliphatic rings. The second kappa shape index (κ2) is 7.96. The van der Waals surface area contributed by atoms with Crippen LogP contribution < -0.4 is 11.1 Å². The molecule has 4 aromatic rings. The van der Waals surface area contributed by atoms with Gasteiger partial charge in [-0.25, -0.2) is 9.07 Å². The number of halogens is 1. The molecule has 30 heavy (non-hydrogen) atoms. The zero-order valence-corrected chi connectivity index (χ0v) is 15.6. The number of carbonyl (C=O) groups is 2. The summed E-state index contributed by atoms with van der Waals surface area (Å²) in [4.78, 5) is 28.5. The predicted molar refractivity (Wildman–Crippen MR) is 110 cm³/mol. The van der Waals surface area contributed by atoms with E-state index in [0.717, 1.165) is 11.8 Å². The van der Waals surface area contributed by atoms with Crippen LogP contribution in [0.2, 0.25) is 0 Å². The number of pyridine rings is 1. The second-order valence-corrected chi connectivity index (χ2v) is 6.43. The van der Waals surface area contributed by atoms with Gasteiger partial charge in [-0.3, -0.25) is 14.6 Å². The molecule has 4 rings (SSSR count). The molecule has 2 amide bonds. The number of benzene rings is 2. The molecule has 2 heterocycles. The smallest absolute Gasteiger partial charge is 0.259 e. The lowest BCUT2D eigenvalue weighted by Crippen LogP contribution is -2.16. The van der Waals surface area contributed by atoms with Crippen molar-refractivity contribution in [1.82, 2.24) is 14.8 Å². The first-order chi connectivity index (χ1) is 14.5. The molecule has 8 heteroatoms. The second-order valence-electron chi connectivity index (χ2n) is 6.43. The largest absolute Gasteiger partial charge is 0.366 e. The van der Waals surface area contributed by atoms with Gasteiger partial charge in [0.05, 0.1) is 16.8 Å². The van der Waals surface area contributed by atoms with Gasteiger partial charge in [0.25, 0.3) is 11.8 Å². The van der Waals surface area contributed by atoms with Crippen LogP contribution >= 0.6 is 0 Å². The fourth-order valence-corrected chi connectivity index (χ4v) is 2.96. The van der Waals surface area contributed by atoms with E-state index in [0.29, 0.717) is 11.3 Å². The molecule has 2 aromatic heterocycles. The van der Waals surface area contributed by atoms with Crippen molar-refractivity contribution in [2.45, 2.75) is 0 Å². The van der Waals surface area contributed by atoms with Crippen molar-refractivity contribution < 1.29 is 14.0 Å². The maximum absolute atomic E-state index is 13.7. The minimum Gasteiger partial charge on any atom is -0.366 e. The number of anilines is 1. The van der Waals surface area contributed by atoms with E-state index in [4.69, 9.17) is 5.73 Å². The molecule has 0 spiro atoms. The van der Waals surface area contributed by atoms with Crippen LogP contribution in [-0.4, -0.2) is 26.6 Å². The summed E-state index contributed by atoms with van der Waals surface area (Å²) in [6, 6.07) is 16.5. The maximum atomic E-state index is 13.7. The summed E-state index contributed by atoms with van der Waals surface area (Å²) < 4.78 is 15.3. The van der Waals surface area contributed by atoms with E-state index in [2.05, 4.69) is 15.4 Å². The number of nitrogens with zero attached hydrogens (tertiary/aromatic N) is 3. The number of amides is 2. The molecule has 0 bridgehead atoms. The van der Waals surface area contributed by atoms with Gasteiger partial charge in [-0.05, 0) is 42.5 Å². The van der Waals surface area contributed by atoms with Gasteiger partial charge >= 0.3 is 0 Å². The summed E-state index contributed by atoms with van der Waals surface area (Å²) >= 11 is 0. The number of nitrogens with one attached hydrogen (secondary N) is 1. The van der Waals surface area contributed by atoms with E-state index in [9.17, 15) is 14.0 Å². The van der Waals surface area contributed by atoms with E-state index in [-0.39, 0.29) is 16.8 Å². The van der Waals surface area contributed by atoms with Crippen LogP contribution in [0.1, 0.15) is 20.7 Å². The van der Waals surface area contributed by atoms with Gasteiger partial charge in [0.1, 0.15) is 11.5 Å². The molecule has 7 nitrogen and oxygen atoms in total. The number of aromatic nitrogens is 3. The summed E-state index contributed by atoms with van der Waals surface area (Å²) in [7, 11) is 0. The first kappa shape index (κ1) is 19.0. The van der Waals surface area contributed by atoms with Crippen LogP contribution in [0.25, 0.3) is 16.9 Å². The predicted octanol–water partition coefficient (Wildman–Crippen LogP) is 3.42. The molecule has 0 atom stereocenters. The van der Waals surface area contributed by atoms with Crippen molar-refractivity contribution in [3.8, 4) is 16.9 Å². The highest BCUT2D eigenvalue weighted by Gasteiger charge is 2.20. The Morgan fingerprint density at radius 3 is 2.50 bits per heavy atom. The highest BCUT2D eigenvalue weighted by Crippen LogP contribution is 2.24. The van der Waals surface area contributed by atoms with Gasteiger partial charge in [0.15, 0.2) is 0 Å². The zero-order chi connectivity index (χ0) is 21.1. The number of carbonyl (C=O) groups excluding carboxylic acids is 2. The summed E-state index contributed by atoms with van der Waals surface area (Å²) in [5.74, 6) is -2.15. The number of nitrogens with two attached hydrogens (primary N) is 1. The number of primary amides is 1. The third kappa shape index (κ3) is 3.79. The molecule has 0 unspecified atom stereocenters. The van der Waals surface area contributed by atoms with E-state index in [1.807, 2.05) is 30.3 Å². The van der Waals surface area contributed by atoms with Gasteiger partial charge in [-0.1, -0.05) is 18.2 Å². The average Bonchev–Trinajstić information content (AvgIpc) is 3.22. The number of hydrogen-bond acceptors (Lipinski definition) is 4. The van der Waals surface area contributed by atoms with Gasteiger partial charge in [-0.15, -0.1) is 0 Å². The summed E-state index contributed by atoms with van der Waals surface area (Å²) in [5, 5.41) is 7.22. The lowest BCUT2D eigenvalue weighted by molar-refractivity contribution is 0.0992. The topological polar surface area (TPSA) is 103 Å². The SMILES string of the molecule is NC(=O)c1cc(NC(=O)c2cn(-c3ccccc3)nc2-c2cccnc2)ccc1F. The molecular formula is C22H16FN5O2. The molecular weight excluding hydrogens is 385 g/mol. The van der Waals surface area contributed by atoms with Crippen molar-refractivity contribution >= 4 is 17.5 Å². The molecule has 0 aliphatic heterocycles. The van der Waals surface area contributed by atoms with Crippen LogP contribution in [0.3, 0.4) is 0 Å². The van der Waals surface area contributed by atoms with E-state index in [1.165, 1.54) is 12.1 Å². The number of rotatable bonds is 5. The van der Waals surface area contributed by atoms with Crippen LogP contribution in [0.15, 0.2) is 79.3 Å². The van der Waals surface area contributed by atoms with Crippen molar-refractivity contribution in [1.29, 1.82) is 0 Å². The zero-order valence-electron chi connectivity index (χ0n) is 15.6. The molecule has 0 fully saturated rings. The quantitative estimate of drug-likeness (QED) is 0.535. The summed E-state index contributed by atoms with van der Waals surface area (Å²) in [5.41, 5.74) is 7.27. The lowest BCUT2D eigenvalue weighted by atomic mass is 10.1. The Hall–Kier alpha value is -4.33. The Morgan fingerprint density at radius 1 is 1.00 bits per heavy atom. The first-order valence-electron chi connectivity index (χ1n) is 8.99. The Balaban J connectivity index is 1.74. The monoisotopic (exact) mass is 401 g/mol. The molecule has 0 saturated heterocycles. The van der Waals surface area contributed by atoms with Crippen molar-refractivity contribution in [3.63, 3.8) is 0 Å². The average molecular weight is 401 g/mol. The van der Waals surface area contributed by atoms with E-state index < -0.39 is 17.6 Å². The van der Waals surface area contributed by atoms with Gasteiger partial charge in [0.2, 0.25) is 0 Å². The third-order valence-electron chi connectivity index (χ3n) is 4.40. The Labute approximate surface area is 171 Å². The first-order valence-corrected chi connectivity index (χ1v) is 8.99. The van der Waals surface area contributed by atoms with E-state index >= 15 is 0 Å². The lowest BCUT2D eigenvalue weighted by Gasteiger charge is -2.07. The van der Waals surface area contributed by atoms with Crippen molar-refractivity contribution in [3.05, 3.63) is 96.2 Å². The molecule has 2 aromatic carbocycles. The molecule has 148 valence electrons. The van der Waals surface area contributed by atoms with Crippen molar-refractivity contribution in [2.24, 2.45) is 5.73 Å². The molecule has 0 saturated carbocycles. The number of para-hydroxylation sites is 1.